The molecule has 1 heterocycles. The molecule has 0 spiro atoms. The maximum atomic E-state index is 13.1. The van der Waals surface area contributed by atoms with Crippen LogP contribution in [0.2, 0.25) is 5.02 Å². The number of benzene rings is 2. The Bertz CT molecular complexity index is 748. The van der Waals surface area contributed by atoms with Crippen LogP contribution in [0.25, 0.3) is 0 Å². The smallest absolute Gasteiger partial charge is 0.257 e. The highest BCUT2D eigenvalue weighted by Crippen LogP contribution is 2.21. The van der Waals surface area contributed by atoms with Crippen LogP contribution in [0.15, 0.2) is 42.5 Å². The minimum atomic E-state index is -0.460. The van der Waals surface area contributed by atoms with Gasteiger partial charge in [0.15, 0.2) is 0 Å². The molecular weight excluding hydrogens is 339 g/mol. The Labute approximate surface area is 152 Å². The van der Waals surface area contributed by atoms with Gasteiger partial charge in [0.1, 0.15) is 5.82 Å². The van der Waals surface area contributed by atoms with Crippen LogP contribution in [0.4, 0.5) is 10.1 Å². The molecule has 0 aromatic heterocycles. The lowest BCUT2D eigenvalue weighted by Gasteiger charge is -2.30. The molecule has 1 amide bonds. The number of nitrogens with zero attached hydrogens (tertiary/aromatic N) is 1. The van der Waals surface area contributed by atoms with Gasteiger partial charge in [-0.15, -0.1) is 0 Å². The average molecular weight is 361 g/mol. The molecule has 1 aliphatic heterocycles. The zero-order chi connectivity index (χ0) is 17.8. The number of halogens is 2. The first-order valence-corrected chi connectivity index (χ1v) is 8.97. The van der Waals surface area contributed by atoms with E-state index in [-0.39, 0.29) is 16.5 Å². The molecule has 3 nitrogen and oxygen atoms in total. The summed E-state index contributed by atoms with van der Waals surface area (Å²) in [5.41, 5.74) is 2.18. The van der Waals surface area contributed by atoms with Crippen molar-refractivity contribution in [3.63, 3.8) is 0 Å². The second-order valence-electron chi connectivity index (χ2n) is 6.76. The fourth-order valence-corrected chi connectivity index (χ4v) is 3.51. The van der Waals surface area contributed by atoms with E-state index in [1.165, 1.54) is 30.5 Å². The fraction of sp³-hybridized carbons (Fsp3) is 0.350. The van der Waals surface area contributed by atoms with Gasteiger partial charge in [0.05, 0.1) is 10.6 Å². The Morgan fingerprint density at radius 1 is 1.28 bits per heavy atom. The van der Waals surface area contributed by atoms with Gasteiger partial charge in [-0.2, -0.15) is 0 Å². The van der Waals surface area contributed by atoms with Gasteiger partial charge in [0.25, 0.3) is 5.91 Å². The summed E-state index contributed by atoms with van der Waals surface area (Å²) in [5, 5.41) is 2.90. The van der Waals surface area contributed by atoms with Crippen LogP contribution in [-0.4, -0.2) is 23.9 Å². The molecular formula is C20H22ClFN2O. The number of hydrogen-bond donors (Lipinski definition) is 1. The first-order chi connectivity index (χ1) is 12.0. The molecule has 0 saturated carbocycles. The summed E-state index contributed by atoms with van der Waals surface area (Å²) in [6.45, 7) is 5.52. The predicted molar refractivity (Wildman–Crippen MR) is 99.5 cm³/mol. The maximum Gasteiger partial charge on any atom is 0.257 e. The van der Waals surface area contributed by atoms with Crippen molar-refractivity contribution < 1.29 is 9.18 Å². The van der Waals surface area contributed by atoms with Crippen LogP contribution in [0.3, 0.4) is 0 Å². The zero-order valence-corrected chi connectivity index (χ0v) is 15.0. The highest BCUT2D eigenvalue weighted by Gasteiger charge is 2.16. The van der Waals surface area contributed by atoms with E-state index in [2.05, 4.69) is 17.1 Å². The minimum Gasteiger partial charge on any atom is -0.322 e. The number of rotatable bonds is 4. The van der Waals surface area contributed by atoms with Gasteiger partial charge in [-0.25, -0.2) is 4.39 Å². The van der Waals surface area contributed by atoms with Crippen LogP contribution in [0.1, 0.15) is 35.7 Å². The SMILES string of the molecule is CC1CCCN(Cc2ccc(NC(=O)c3ccc(F)cc3Cl)cc2)C1. The third kappa shape index (κ3) is 4.80. The summed E-state index contributed by atoms with van der Waals surface area (Å²) in [7, 11) is 0. The third-order valence-corrected chi connectivity index (χ3v) is 4.85. The molecule has 1 aliphatic rings. The van der Waals surface area contributed by atoms with Crippen molar-refractivity contribution in [2.45, 2.75) is 26.3 Å². The fourth-order valence-electron chi connectivity index (χ4n) is 3.25. The van der Waals surface area contributed by atoms with Gasteiger partial charge < -0.3 is 5.32 Å². The van der Waals surface area contributed by atoms with Crippen LogP contribution >= 0.6 is 11.6 Å². The second-order valence-corrected chi connectivity index (χ2v) is 7.16. The average Bonchev–Trinajstić information content (AvgIpc) is 2.56. The Hall–Kier alpha value is -1.91. The quantitative estimate of drug-likeness (QED) is 0.835. The molecule has 25 heavy (non-hydrogen) atoms. The van der Waals surface area contributed by atoms with Gasteiger partial charge in [-0.3, -0.25) is 9.69 Å². The topological polar surface area (TPSA) is 32.3 Å². The third-order valence-electron chi connectivity index (χ3n) is 4.53. The van der Waals surface area contributed by atoms with Gasteiger partial charge in [0.2, 0.25) is 0 Å². The van der Waals surface area contributed by atoms with E-state index in [0.29, 0.717) is 5.69 Å². The molecule has 132 valence electrons. The monoisotopic (exact) mass is 360 g/mol. The molecule has 0 aliphatic carbocycles. The van der Waals surface area contributed by atoms with Crippen molar-refractivity contribution in [2.75, 3.05) is 18.4 Å². The molecule has 1 atom stereocenters. The molecule has 5 heteroatoms. The summed E-state index contributed by atoms with van der Waals surface area (Å²) < 4.78 is 13.1. The van der Waals surface area contributed by atoms with Crippen LogP contribution in [0.5, 0.6) is 0 Å². The number of nitrogens with one attached hydrogen (secondary N) is 1. The molecule has 1 saturated heterocycles. The lowest BCUT2D eigenvalue weighted by molar-refractivity contribution is 0.102. The molecule has 0 radical (unpaired) electrons. The first-order valence-electron chi connectivity index (χ1n) is 8.59. The lowest BCUT2D eigenvalue weighted by Crippen LogP contribution is -2.33. The molecule has 1 fully saturated rings. The number of carbonyl (C=O) groups excluding carboxylic acids is 1. The molecule has 3 rings (SSSR count). The summed E-state index contributed by atoms with van der Waals surface area (Å²) in [6, 6.07) is 11.6. The molecule has 1 N–H and O–H groups in total. The van der Waals surface area contributed by atoms with Crippen molar-refractivity contribution in [2.24, 2.45) is 5.92 Å². The van der Waals surface area contributed by atoms with Crippen molar-refractivity contribution in [3.05, 3.63) is 64.4 Å². The summed E-state index contributed by atoms with van der Waals surface area (Å²) in [5.74, 6) is -0.0479. The molecule has 2 aromatic rings. The van der Waals surface area contributed by atoms with Crippen molar-refractivity contribution in [1.29, 1.82) is 0 Å². The van der Waals surface area contributed by atoms with Crippen LogP contribution < -0.4 is 5.32 Å². The van der Waals surface area contributed by atoms with Crippen molar-refractivity contribution in [1.82, 2.24) is 4.90 Å². The van der Waals surface area contributed by atoms with Crippen LogP contribution in [-0.2, 0) is 6.54 Å². The van der Waals surface area contributed by atoms with E-state index in [9.17, 15) is 9.18 Å². The number of carbonyl (C=O) groups is 1. The van der Waals surface area contributed by atoms with Gasteiger partial charge in [-0.1, -0.05) is 30.7 Å². The number of anilines is 1. The van der Waals surface area contributed by atoms with Crippen molar-refractivity contribution in [3.8, 4) is 0 Å². The van der Waals surface area contributed by atoms with E-state index < -0.39 is 5.82 Å². The second kappa shape index (κ2) is 7.98. The van der Waals surface area contributed by atoms with E-state index in [1.807, 2.05) is 24.3 Å². The number of amides is 1. The zero-order valence-electron chi connectivity index (χ0n) is 14.3. The largest absolute Gasteiger partial charge is 0.322 e. The van der Waals surface area contributed by atoms with Crippen LogP contribution in [0, 0.1) is 11.7 Å². The predicted octanol–water partition coefficient (Wildman–Crippen LogP) is 4.96. The van der Waals surface area contributed by atoms with Gasteiger partial charge >= 0.3 is 0 Å². The highest BCUT2D eigenvalue weighted by atomic mass is 35.5. The Morgan fingerprint density at radius 3 is 2.72 bits per heavy atom. The van der Waals surface area contributed by atoms with Gasteiger partial charge in [-0.05, 0) is 61.2 Å². The minimum absolute atomic E-state index is 0.105. The standard InChI is InChI=1S/C20H22ClFN2O/c1-14-3-2-10-24(12-14)13-15-4-7-17(8-5-15)23-20(25)18-9-6-16(22)11-19(18)21/h4-9,11,14H,2-3,10,12-13H2,1H3,(H,23,25). The normalized spacial score (nSPS) is 18.1. The van der Waals surface area contributed by atoms with Crippen molar-refractivity contribution >= 4 is 23.2 Å². The summed E-state index contributed by atoms with van der Waals surface area (Å²) in [4.78, 5) is 14.7. The summed E-state index contributed by atoms with van der Waals surface area (Å²) in [6.07, 6.45) is 2.57. The number of piperidine rings is 1. The Kier molecular flexibility index (Phi) is 5.71. The maximum absolute atomic E-state index is 13.1. The molecule has 2 aromatic carbocycles. The molecule has 1 unspecified atom stereocenters. The van der Waals surface area contributed by atoms with E-state index in [0.717, 1.165) is 31.6 Å². The number of likely N-dealkylation sites (tertiary alicyclic amines) is 1. The Balaban J connectivity index is 1.61. The highest BCUT2D eigenvalue weighted by molar-refractivity contribution is 6.34. The van der Waals surface area contributed by atoms with E-state index in [4.69, 9.17) is 11.6 Å². The van der Waals surface area contributed by atoms with E-state index >= 15 is 0 Å². The first kappa shape index (κ1) is 17.9. The summed E-state index contributed by atoms with van der Waals surface area (Å²) >= 11 is 5.93. The van der Waals surface area contributed by atoms with E-state index in [1.54, 1.807) is 0 Å². The van der Waals surface area contributed by atoms with Gasteiger partial charge in [0, 0.05) is 18.8 Å². The number of hydrogen-bond acceptors (Lipinski definition) is 2. The lowest BCUT2D eigenvalue weighted by atomic mass is 10.00. The Morgan fingerprint density at radius 2 is 2.04 bits per heavy atom. The molecule has 0 bridgehead atoms.